The first-order chi connectivity index (χ1) is 7.93. The van der Waals surface area contributed by atoms with E-state index in [-0.39, 0.29) is 0 Å². The molecule has 0 amide bonds. The lowest BCUT2D eigenvalue weighted by atomic mass is 10.1. The van der Waals surface area contributed by atoms with E-state index < -0.39 is 0 Å². The maximum atomic E-state index is 5.18. The van der Waals surface area contributed by atoms with Gasteiger partial charge in [-0.2, -0.15) is 0 Å². The molecule has 3 rings (SSSR count). The minimum Gasteiger partial charge on any atom is -0.377 e. The minimum absolute atomic E-state index is 0.473. The Morgan fingerprint density at radius 1 is 1.12 bits per heavy atom. The molecule has 0 saturated carbocycles. The van der Waals surface area contributed by atoms with E-state index in [9.17, 15) is 0 Å². The third kappa shape index (κ3) is 1.84. The summed E-state index contributed by atoms with van der Waals surface area (Å²) in [4.78, 5) is 1.31. The van der Waals surface area contributed by atoms with Crippen molar-refractivity contribution >= 4 is 17.0 Å². The second-order valence-electron chi connectivity index (χ2n) is 3.90. The standard InChI is InChI=1S/C13H13NOS/c1-2-5-12(14-10-8-15-9-10)11(4-1)13-6-3-7-16-13/h1-7,10,14H,8-9H2. The first-order valence-corrected chi connectivity index (χ1v) is 6.28. The Morgan fingerprint density at radius 2 is 2.00 bits per heavy atom. The average molecular weight is 231 g/mol. The third-order valence-electron chi connectivity index (χ3n) is 2.71. The van der Waals surface area contributed by atoms with Crippen LogP contribution >= 0.6 is 11.3 Å². The first-order valence-electron chi connectivity index (χ1n) is 5.41. The van der Waals surface area contributed by atoms with Gasteiger partial charge < -0.3 is 10.1 Å². The number of rotatable bonds is 3. The predicted octanol–water partition coefficient (Wildman–Crippen LogP) is 3.23. The van der Waals surface area contributed by atoms with Gasteiger partial charge in [-0.3, -0.25) is 0 Å². The van der Waals surface area contributed by atoms with Crippen molar-refractivity contribution in [2.45, 2.75) is 6.04 Å². The monoisotopic (exact) mass is 231 g/mol. The van der Waals surface area contributed by atoms with Crippen LogP contribution in [0.5, 0.6) is 0 Å². The van der Waals surface area contributed by atoms with Crippen molar-refractivity contribution in [3.05, 3.63) is 41.8 Å². The molecule has 82 valence electrons. The number of ether oxygens (including phenoxy) is 1. The van der Waals surface area contributed by atoms with Crippen molar-refractivity contribution in [2.75, 3.05) is 18.5 Å². The SMILES string of the molecule is c1csc(-c2ccccc2NC2COC2)c1. The zero-order valence-electron chi connectivity index (χ0n) is 8.85. The van der Waals surface area contributed by atoms with Crippen LogP contribution in [0.15, 0.2) is 41.8 Å². The van der Waals surface area contributed by atoms with Crippen LogP contribution in [0.2, 0.25) is 0 Å². The van der Waals surface area contributed by atoms with Crippen molar-refractivity contribution in [2.24, 2.45) is 0 Å². The maximum Gasteiger partial charge on any atom is 0.0728 e. The lowest BCUT2D eigenvalue weighted by Crippen LogP contribution is -2.40. The molecule has 1 aromatic carbocycles. The molecule has 2 heterocycles. The normalized spacial score (nSPS) is 15.8. The molecular weight excluding hydrogens is 218 g/mol. The number of hydrogen-bond donors (Lipinski definition) is 1. The molecule has 2 nitrogen and oxygen atoms in total. The molecule has 0 radical (unpaired) electrons. The van der Waals surface area contributed by atoms with Gasteiger partial charge >= 0.3 is 0 Å². The molecule has 1 saturated heterocycles. The number of benzene rings is 1. The fourth-order valence-electron chi connectivity index (χ4n) is 1.79. The summed E-state index contributed by atoms with van der Waals surface area (Å²) in [5, 5.41) is 5.63. The molecule has 1 fully saturated rings. The highest BCUT2D eigenvalue weighted by atomic mass is 32.1. The Hall–Kier alpha value is -1.32. The number of anilines is 1. The fraction of sp³-hybridized carbons (Fsp3) is 0.231. The number of thiophene rings is 1. The van der Waals surface area contributed by atoms with E-state index in [1.807, 2.05) is 0 Å². The summed E-state index contributed by atoms with van der Waals surface area (Å²) in [6.07, 6.45) is 0. The van der Waals surface area contributed by atoms with Crippen LogP contribution < -0.4 is 5.32 Å². The predicted molar refractivity (Wildman–Crippen MR) is 68.0 cm³/mol. The van der Waals surface area contributed by atoms with E-state index in [4.69, 9.17) is 4.74 Å². The summed E-state index contributed by atoms with van der Waals surface area (Å²) in [5.74, 6) is 0. The van der Waals surface area contributed by atoms with Gasteiger partial charge in [-0.05, 0) is 17.5 Å². The van der Waals surface area contributed by atoms with Gasteiger partial charge in [-0.15, -0.1) is 11.3 Å². The Kier molecular flexibility index (Phi) is 2.64. The first kappa shape index (κ1) is 9.87. The molecular formula is C13H13NOS. The van der Waals surface area contributed by atoms with E-state index in [1.54, 1.807) is 11.3 Å². The van der Waals surface area contributed by atoms with Gasteiger partial charge in [0.2, 0.25) is 0 Å². The molecule has 0 unspecified atom stereocenters. The van der Waals surface area contributed by atoms with Gasteiger partial charge in [0.25, 0.3) is 0 Å². The summed E-state index contributed by atoms with van der Waals surface area (Å²) in [5.41, 5.74) is 2.49. The van der Waals surface area contributed by atoms with Crippen molar-refractivity contribution < 1.29 is 4.74 Å². The maximum absolute atomic E-state index is 5.18. The average Bonchev–Trinajstić information content (AvgIpc) is 2.77. The van der Waals surface area contributed by atoms with E-state index in [0.717, 1.165) is 13.2 Å². The van der Waals surface area contributed by atoms with Crippen LogP contribution in [-0.4, -0.2) is 19.3 Å². The summed E-state index contributed by atoms with van der Waals surface area (Å²) in [6.45, 7) is 1.64. The van der Waals surface area contributed by atoms with Gasteiger partial charge in [0.15, 0.2) is 0 Å². The van der Waals surface area contributed by atoms with Gasteiger partial charge in [0.1, 0.15) is 0 Å². The summed E-state index contributed by atoms with van der Waals surface area (Å²) in [6, 6.07) is 13.2. The number of nitrogens with one attached hydrogen (secondary N) is 1. The van der Waals surface area contributed by atoms with Crippen LogP contribution in [-0.2, 0) is 4.74 Å². The zero-order valence-corrected chi connectivity index (χ0v) is 9.67. The minimum atomic E-state index is 0.473. The Bertz CT molecular complexity index is 463. The molecule has 2 aromatic rings. The lowest BCUT2D eigenvalue weighted by Gasteiger charge is -2.28. The molecule has 1 aliphatic rings. The van der Waals surface area contributed by atoms with E-state index in [1.165, 1.54) is 16.1 Å². The van der Waals surface area contributed by atoms with Gasteiger partial charge in [-0.1, -0.05) is 24.3 Å². The quantitative estimate of drug-likeness (QED) is 0.875. The third-order valence-corrected chi connectivity index (χ3v) is 3.61. The smallest absolute Gasteiger partial charge is 0.0728 e. The highest BCUT2D eigenvalue weighted by Crippen LogP contribution is 2.32. The van der Waals surface area contributed by atoms with E-state index in [2.05, 4.69) is 47.1 Å². The topological polar surface area (TPSA) is 21.3 Å². The Balaban J connectivity index is 1.91. The lowest BCUT2D eigenvalue weighted by molar-refractivity contribution is 0.0211. The van der Waals surface area contributed by atoms with Crippen LogP contribution in [0, 0.1) is 0 Å². The van der Waals surface area contributed by atoms with Crippen LogP contribution in [0.4, 0.5) is 5.69 Å². The Morgan fingerprint density at radius 3 is 2.69 bits per heavy atom. The number of hydrogen-bond acceptors (Lipinski definition) is 3. The summed E-state index contributed by atoms with van der Waals surface area (Å²) >= 11 is 1.77. The highest BCUT2D eigenvalue weighted by molar-refractivity contribution is 7.13. The molecule has 0 aliphatic carbocycles. The van der Waals surface area contributed by atoms with Crippen LogP contribution in [0.3, 0.4) is 0 Å². The summed E-state index contributed by atoms with van der Waals surface area (Å²) < 4.78 is 5.18. The van der Waals surface area contributed by atoms with Crippen molar-refractivity contribution in [1.29, 1.82) is 0 Å². The fourth-order valence-corrected chi connectivity index (χ4v) is 2.56. The van der Waals surface area contributed by atoms with Gasteiger partial charge in [0.05, 0.1) is 19.3 Å². The molecule has 1 aliphatic heterocycles. The van der Waals surface area contributed by atoms with Crippen LogP contribution in [0.1, 0.15) is 0 Å². The molecule has 0 bridgehead atoms. The van der Waals surface area contributed by atoms with Crippen LogP contribution in [0.25, 0.3) is 10.4 Å². The highest BCUT2D eigenvalue weighted by Gasteiger charge is 2.19. The van der Waals surface area contributed by atoms with Crippen molar-refractivity contribution in [1.82, 2.24) is 0 Å². The largest absolute Gasteiger partial charge is 0.377 e. The van der Waals surface area contributed by atoms with E-state index in [0.29, 0.717) is 6.04 Å². The molecule has 1 aromatic heterocycles. The molecule has 0 atom stereocenters. The van der Waals surface area contributed by atoms with Crippen molar-refractivity contribution in [3.63, 3.8) is 0 Å². The second-order valence-corrected chi connectivity index (χ2v) is 4.85. The van der Waals surface area contributed by atoms with Gasteiger partial charge in [-0.25, -0.2) is 0 Å². The summed E-state index contributed by atoms with van der Waals surface area (Å²) in [7, 11) is 0. The van der Waals surface area contributed by atoms with Gasteiger partial charge in [0, 0.05) is 16.1 Å². The second kappa shape index (κ2) is 4.28. The zero-order chi connectivity index (χ0) is 10.8. The molecule has 1 N–H and O–H groups in total. The molecule has 16 heavy (non-hydrogen) atoms. The molecule has 0 spiro atoms. The van der Waals surface area contributed by atoms with Crippen molar-refractivity contribution in [3.8, 4) is 10.4 Å². The molecule has 3 heteroatoms. The van der Waals surface area contributed by atoms with E-state index >= 15 is 0 Å². The number of para-hydroxylation sites is 1. The Labute approximate surface area is 98.9 Å².